The van der Waals surface area contributed by atoms with E-state index < -0.39 is 0 Å². The first-order chi connectivity index (χ1) is 13.2. The van der Waals surface area contributed by atoms with Crippen LogP contribution >= 0.6 is 0 Å². The van der Waals surface area contributed by atoms with E-state index in [0.717, 1.165) is 24.8 Å². The van der Waals surface area contributed by atoms with Gasteiger partial charge in [-0.1, -0.05) is 48.9 Å². The van der Waals surface area contributed by atoms with Crippen molar-refractivity contribution in [1.82, 2.24) is 0 Å². The molecule has 27 heavy (non-hydrogen) atoms. The number of rotatable bonds is 8. The average Bonchev–Trinajstić information content (AvgIpc) is 2.69. The fourth-order valence-corrected chi connectivity index (χ4v) is 3.23. The molecular formula is C23H24O4. The van der Waals surface area contributed by atoms with E-state index >= 15 is 0 Å². The Morgan fingerprint density at radius 3 is 2.48 bits per heavy atom. The van der Waals surface area contributed by atoms with Crippen LogP contribution in [0.5, 0.6) is 0 Å². The van der Waals surface area contributed by atoms with Crippen LogP contribution in [0.3, 0.4) is 0 Å². The lowest BCUT2D eigenvalue weighted by atomic mass is 9.99. The molecule has 1 aromatic heterocycles. The van der Waals surface area contributed by atoms with Crippen LogP contribution in [0, 0.1) is 0 Å². The zero-order chi connectivity index (χ0) is 19.1. The Kier molecular flexibility index (Phi) is 6.42. The first-order valence-corrected chi connectivity index (χ1v) is 9.46. The van der Waals surface area contributed by atoms with Gasteiger partial charge in [-0.25, -0.2) is 0 Å². The zero-order valence-electron chi connectivity index (χ0n) is 15.6. The summed E-state index contributed by atoms with van der Waals surface area (Å²) in [5, 5.41) is 0.599. The van der Waals surface area contributed by atoms with Crippen LogP contribution in [0.2, 0.25) is 0 Å². The minimum absolute atomic E-state index is 0.00423. The summed E-state index contributed by atoms with van der Waals surface area (Å²) in [6.07, 6.45) is 3.59. The Hall–Kier alpha value is -2.88. The maximum atomic E-state index is 13.1. The fraction of sp³-hybridized carbons (Fsp3) is 0.304. The summed E-state index contributed by atoms with van der Waals surface area (Å²) >= 11 is 0. The molecule has 0 atom stereocenters. The summed E-state index contributed by atoms with van der Waals surface area (Å²) in [6.45, 7) is 2.23. The maximum absolute atomic E-state index is 13.1. The van der Waals surface area contributed by atoms with Crippen LogP contribution < -0.4 is 5.43 Å². The normalized spacial score (nSPS) is 10.9. The van der Waals surface area contributed by atoms with Crippen molar-refractivity contribution >= 4 is 16.9 Å². The van der Waals surface area contributed by atoms with Crippen molar-refractivity contribution in [2.75, 3.05) is 6.61 Å². The fourth-order valence-electron chi connectivity index (χ4n) is 3.23. The van der Waals surface area contributed by atoms with E-state index in [-0.39, 0.29) is 11.4 Å². The largest absolute Gasteiger partial charge is 0.466 e. The van der Waals surface area contributed by atoms with Gasteiger partial charge < -0.3 is 9.15 Å². The average molecular weight is 364 g/mol. The summed E-state index contributed by atoms with van der Waals surface area (Å²) in [7, 11) is 0. The molecule has 2 aromatic carbocycles. The maximum Gasteiger partial charge on any atom is 0.305 e. The molecule has 0 fully saturated rings. The van der Waals surface area contributed by atoms with Crippen LogP contribution in [0.4, 0.5) is 0 Å². The summed E-state index contributed by atoms with van der Waals surface area (Å²) in [5.41, 5.74) is 2.13. The summed E-state index contributed by atoms with van der Waals surface area (Å²) in [4.78, 5) is 24.5. The summed E-state index contributed by atoms with van der Waals surface area (Å²) in [5.74, 6) is 0.556. The van der Waals surface area contributed by atoms with Crippen LogP contribution in [-0.4, -0.2) is 12.6 Å². The van der Waals surface area contributed by atoms with Crippen molar-refractivity contribution in [1.29, 1.82) is 0 Å². The predicted octanol–water partition coefficient (Wildman–Crippen LogP) is 5.13. The molecule has 4 nitrogen and oxygen atoms in total. The van der Waals surface area contributed by atoms with Gasteiger partial charge in [0.2, 0.25) is 5.43 Å². The van der Waals surface area contributed by atoms with E-state index in [2.05, 4.69) is 0 Å². The van der Waals surface area contributed by atoms with Crippen molar-refractivity contribution in [2.24, 2.45) is 0 Å². The summed E-state index contributed by atoms with van der Waals surface area (Å²) < 4.78 is 11.1. The highest BCUT2D eigenvalue weighted by Crippen LogP contribution is 2.26. The summed E-state index contributed by atoms with van der Waals surface area (Å²) in [6, 6.07) is 17.0. The SMILES string of the molecule is CCOC(=O)CCCCCc1oc2ccccc2c(=O)c1-c1ccccc1. The van der Waals surface area contributed by atoms with Crippen LogP contribution in [0.25, 0.3) is 22.1 Å². The van der Waals surface area contributed by atoms with Crippen LogP contribution in [0.15, 0.2) is 63.8 Å². The standard InChI is InChI=1S/C23H24O4/c1-2-26-21(24)16-8-4-7-15-20-22(17-11-5-3-6-12-17)23(25)18-13-9-10-14-19(18)27-20/h3,5-6,9-14H,2,4,7-8,15-16H2,1H3. The molecule has 3 rings (SSSR count). The van der Waals surface area contributed by atoms with Gasteiger partial charge in [0.15, 0.2) is 0 Å². The van der Waals surface area contributed by atoms with Crippen molar-refractivity contribution in [3.63, 3.8) is 0 Å². The van der Waals surface area contributed by atoms with E-state index in [9.17, 15) is 9.59 Å². The van der Waals surface area contributed by atoms with Crippen molar-refractivity contribution in [3.8, 4) is 11.1 Å². The van der Waals surface area contributed by atoms with Crippen molar-refractivity contribution < 1.29 is 13.9 Å². The highest BCUT2D eigenvalue weighted by Gasteiger charge is 2.15. The van der Waals surface area contributed by atoms with Gasteiger partial charge >= 0.3 is 5.97 Å². The Morgan fingerprint density at radius 2 is 1.70 bits per heavy atom. The first-order valence-electron chi connectivity index (χ1n) is 9.46. The molecular weight excluding hydrogens is 340 g/mol. The molecule has 0 bridgehead atoms. The van der Waals surface area contributed by atoms with Gasteiger partial charge in [-0.3, -0.25) is 9.59 Å². The third kappa shape index (κ3) is 4.64. The molecule has 0 radical (unpaired) electrons. The van der Waals surface area contributed by atoms with E-state index in [1.54, 1.807) is 6.07 Å². The quantitative estimate of drug-likeness (QED) is 0.411. The number of carbonyl (C=O) groups excluding carboxylic acids is 1. The van der Waals surface area contributed by atoms with E-state index in [4.69, 9.17) is 9.15 Å². The second kappa shape index (κ2) is 9.17. The topological polar surface area (TPSA) is 56.5 Å². The van der Waals surface area contributed by atoms with Gasteiger partial charge in [0, 0.05) is 12.8 Å². The number of ether oxygens (including phenoxy) is 1. The Morgan fingerprint density at radius 1 is 0.963 bits per heavy atom. The molecule has 0 aliphatic rings. The molecule has 0 unspecified atom stereocenters. The lowest BCUT2D eigenvalue weighted by molar-refractivity contribution is -0.143. The monoisotopic (exact) mass is 364 g/mol. The number of unbranched alkanes of at least 4 members (excludes halogenated alkanes) is 2. The highest BCUT2D eigenvalue weighted by molar-refractivity contribution is 5.82. The van der Waals surface area contributed by atoms with Crippen LogP contribution in [-0.2, 0) is 16.0 Å². The molecule has 0 saturated carbocycles. The number of benzene rings is 2. The van der Waals surface area contributed by atoms with Crippen molar-refractivity contribution in [2.45, 2.75) is 39.0 Å². The van der Waals surface area contributed by atoms with Gasteiger partial charge in [-0.15, -0.1) is 0 Å². The lowest BCUT2D eigenvalue weighted by Gasteiger charge is -2.10. The van der Waals surface area contributed by atoms with E-state index in [0.29, 0.717) is 41.7 Å². The molecule has 0 amide bonds. The molecule has 3 aromatic rings. The van der Waals surface area contributed by atoms with Crippen molar-refractivity contribution in [3.05, 3.63) is 70.6 Å². The molecule has 0 spiro atoms. The molecule has 0 aliphatic carbocycles. The highest BCUT2D eigenvalue weighted by atomic mass is 16.5. The third-order valence-electron chi connectivity index (χ3n) is 4.52. The number of fused-ring (bicyclic) bond motifs is 1. The Bertz CT molecular complexity index is 957. The van der Waals surface area contributed by atoms with Gasteiger partial charge in [-0.05, 0) is 37.5 Å². The predicted molar refractivity (Wildman–Crippen MR) is 107 cm³/mol. The number of para-hydroxylation sites is 1. The third-order valence-corrected chi connectivity index (χ3v) is 4.52. The van der Waals surface area contributed by atoms with E-state index in [1.807, 2.05) is 55.5 Å². The molecule has 140 valence electrons. The number of hydrogen-bond acceptors (Lipinski definition) is 4. The van der Waals surface area contributed by atoms with Gasteiger partial charge in [-0.2, -0.15) is 0 Å². The molecule has 0 aliphatic heterocycles. The number of carbonyl (C=O) groups is 1. The van der Waals surface area contributed by atoms with Gasteiger partial charge in [0.25, 0.3) is 0 Å². The smallest absolute Gasteiger partial charge is 0.305 e. The second-order valence-electron chi connectivity index (χ2n) is 6.46. The molecule has 0 saturated heterocycles. The number of aryl methyl sites for hydroxylation is 1. The zero-order valence-corrected chi connectivity index (χ0v) is 15.6. The molecule has 0 N–H and O–H groups in total. The molecule has 4 heteroatoms. The number of hydrogen-bond donors (Lipinski definition) is 0. The second-order valence-corrected chi connectivity index (χ2v) is 6.46. The van der Waals surface area contributed by atoms with E-state index in [1.165, 1.54) is 0 Å². The first kappa shape index (κ1) is 18.9. The van der Waals surface area contributed by atoms with Gasteiger partial charge in [0.05, 0.1) is 17.6 Å². The van der Waals surface area contributed by atoms with Crippen LogP contribution in [0.1, 0.15) is 38.4 Å². The minimum Gasteiger partial charge on any atom is -0.466 e. The molecule has 1 heterocycles. The van der Waals surface area contributed by atoms with Gasteiger partial charge in [0.1, 0.15) is 11.3 Å². The Balaban J connectivity index is 1.81. The number of esters is 1. The lowest BCUT2D eigenvalue weighted by Crippen LogP contribution is -2.09. The Labute approximate surface area is 158 Å². The minimum atomic E-state index is -0.153.